The normalized spacial score (nSPS) is 18.5. The van der Waals surface area contributed by atoms with E-state index in [0.29, 0.717) is 5.92 Å². The second-order valence-corrected chi connectivity index (χ2v) is 15.2. The summed E-state index contributed by atoms with van der Waals surface area (Å²) in [5, 5.41) is 1.44. The lowest BCUT2D eigenvalue weighted by Gasteiger charge is -2.36. The average molecular weight is 596 g/mol. The number of piperidine rings is 1. The Morgan fingerprint density at radius 2 is 1.66 bits per heavy atom. The number of rotatable bonds is 11. The van der Waals surface area contributed by atoms with Gasteiger partial charge < -0.3 is 14.4 Å². The van der Waals surface area contributed by atoms with Crippen molar-refractivity contribution in [2.75, 3.05) is 49.1 Å². The number of aryl methyl sites for hydroxylation is 1. The van der Waals surface area contributed by atoms with Gasteiger partial charge in [0.05, 0.1) is 23.3 Å². The van der Waals surface area contributed by atoms with E-state index >= 15 is 0 Å². The van der Waals surface area contributed by atoms with Crippen LogP contribution in [0.25, 0.3) is 22.2 Å². The first-order chi connectivity index (χ1) is 21.1. The van der Waals surface area contributed by atoms with Gasteiger partial charge in [-0.1, -0.05) is 33.3 Å². The van der Waals surface area contributed by atoms with Crippen LogP contribution < -0.4 is 9.80 Å². The molecule has 5 nitrogen and oxygen atoms in total. The highest BCUT2D eigenvalue weighted by Crippen LogP contribution is 2.43. The van der Waals surface area contributed by atoms with Gasteiger partial charge in [-0.05, 0) is 106 Å². The standard InChI is InChI=1S/C39H57N5/c1-8-44-36-15-14-31(41-18-10-9-11-19-41)24-33(36)35(26-39(6,7)17-16-28(2)3)38(44)34-25-32(27-40-37(34)29(4)5)43-22-20-42(21-23-43)30-12-13-30/h14-15,24-25,27,29-30H,2,8-13,16-23,26H2,1,3-7H3. The molecule has 3 fully saturated rings. The van der Waals surface area contributed by atoms with Crippen LogP contribution in [0, 0.1) is 5.41 Å². The predicted octanol–water partition coefficient (Wildman–Crippen LogP) is 9.05. The van der Waals surface area contributed by atoms with Gasteiger partial charge in [0.2, 0.25) is 0 Å². The molecule has 0 spiro atoms. The third kappa shape index (κ3) is 6.59. The fourth-order valence-electron chi connectivity index (χ4n) is 7.77. The lowest BCUT2D eigenvalue weighted by Crippen LogP contribution is -2.47. The van der Waals surface area contributed by atoms with E-state index in [-0.39, 0.29) is 5.41 Å². The van der Waals surface area contributed by atoms with Crippen LogP contribution in [0.5, 0.6) is 0 Å². The van der Waals surface area contributed by atoms with Gasteiger partial charge in [-0.3, -0.25) is 9.88 Å². The number of aromatic nitrogens is 2. The highest BCUT2D eigenvalue weighted by atomic mass is 15.3. The summed E-state index contributed by atoms with van der Waals surface area (Å²) in [6, 6.07) is 10.7. The van der Waals surface area contributed by atoms with Gasteiger partial charge in [0.1, 0.15) is 0 Å². The number of anilines is 2. The van der Waals surface area contributed by atoms with Crippen molar-refractivity contribution in [3.05, 3.63) is 53.9 Å². The molecule has 5 heteroatoms. The molecule has 4 heterocycles. The first-order valence-corrected chi connectivity index (χ1v) is 17.7. The van der Waals surface area contributed by atoms with Crippen molar-refractivity contribution in [1.82, 2.24) is 14.5 Å². The van der Waals surface area contributed by atoms with Crippen LogP contribution in [0.2, 0.25) is 0 Å². The maximum absolute atomic E-state index is 5.24. The molecule has 0 atom stereocenters. The van der Waals surface area contributed by atoms with Crippen LogP contribution >= 0.6 is 0 Å². The van der Waals surface area contributed by atoms with Gasteiger partial charge in [0.15, 0.2) is 0 Å². The zero-order valence-electron chi connectivity index (χ0n) is 28.6. The molecule has 1 aromatic carbocycles. The molecular weight excluding hydrogens is 538 g/mol. The average Bonchev–Trinajstić information content (AvgIpc) is 3.83. The molecule has 0 radical (unpaired) electrons. The summed E-state index contributed by atoms with van der Waals surface area (Å²) in [7, 11) is 0. The third-order valence-electron chi connectivity index (χ3n) is 10.5. The van der Waals surface area contributed by atoms with E-state index in [1.54, 1.807) is 0 Å². The molecule has 238 valence electrons. The van der Waals surface area contributed by atoms with E-state index in [1.807, 2.05) is 0 Å². The minimum absolute atomic E-state index is 0.157. The van der Waals surface area contributed by atoms with E-state index < -0.39 is 0 Å². The number of benzene rings is 1. The van der Waals surface area contributed by atoms with E-state index in [4.69, 9.17) is 4.98 Å². The number of hydrogen-bond acceptors (Lipinski definition) is 4. The van der Waals surface area contributed by atoms with Crippen LogP contribution in [0.3, 0.4) is 0 Å². The molecule has 6 rings (SSSR count). The molecule has 0 N–H and O–H groups in total. The zero-order chi connectivity index (χ0) is 31.0. The summed E-state index contributed by atoms with van der Waals surface area (Å²) in [5.41, 5.74) is 10.9. The molecule has 2 aliphatic heterocycles. The van der Waals surface area contributed by atoms with E-state index in [9.17, 15) is 0 Å². The van der Waals surface area contributed by atoms with Gasteiger partial charge in [0, 0.05) is 74.0 Å². The SMILES string of the molecule is C=C(C)CCC(C)(C)Cc1c(-c2cc(N3CCN(C4CC4)CC3)cnc2C(C)C)n(CC)c2ccc(N3CCCCC3)cc12. The topological polar surface area (TPSA) is 27.5 Å². The molecule has 44 heavy (non-hydrogen) atoms. The number of fused-ring (bicyclic) bond motifs is 1. The van der Waals surface area contributed by atoms with Crippen LogP contribution in [-0.2, 0) is 13.0 Å². The minimum Gasteiger partial charge on any atom is -0.372 e. The molecule has 0 bridgehead atoms. The summed E-state index contributed by atoms with van der Waals surface area (Å²) >= 11 is 0. The molecule has 1 saturated carbocycles. The number of nitrogens with zero attached hydrogens (tertiary/aromatic N) is 5. The second kappa shape index (κ2) is 12.9. The van der Waals surface area contributed by atoms with Crippen LogP contribution in [0.15, 0.2) is 42.6 Å². The van der Waals surface area contributed by atoms with Gasteiger partial charge in [-0.15, -0.1) is 6.58 Å². The van der Waals surface area contributed by atoms with Gasteiger partial charge in [-0.2, -0.15) is 0 Å². The highest BCUT2D eigenvalue weighted by Gasteiger charge is 2.32. The van der Waals surface area contributed by atoms with Gasteiger partial charge in [-0.25, -0.2) is 0 Å². The van der Waals surface area contributed by atoms with Crippen molar-refractivity contribution < 1.29 is 0 Å². The van der Waals surface area contributed by atoms with Crippen molar-refractivity contribution in [2.45, 2.75) is 111 Å². The minimum atomic E-state index is 0.157. The van der Waals surface area contributed by atoms with Crippen LogP contribution in [0.1, 0.15) is 104 Å². The van der Waals surface area contributed by atoms with Crippen molar-refractivity contribution in [2.24, 2.45) is 5.41 Å². The largest absolute Gasteiger partial charge is 0.372 e. The molecular formula is C39H57N5. The Kier molecular flexibility index (Phi) is 9.15. The Morgan fingerprint density at radius 3 is 2.30 bits per heavy atom. The maximum atomic E-state index is 5.24. The van der Waals surface area contributed by atoms with E-state index in [2.05, 4.69) is 97.9 Å². The molecule has 1 aliphatic carbocycles. The van der Waals surface area contributed by atoms with Gasteiger partial charge in [0.25, 0.3) is 0 Å². The first kappa shape index (κ1) is 31.2. The molecule has 3 aromatic rings. The van der Waals surface area contributed by atoms with Crippen molar-refractivity contribution in [3.63, 3.8) is 0 Å². The summed E-state index contributed by atoms with van der Waals surface area (Å²) in [4.78, 5) is 13.1. The lowest BCUT2D eigenvalue weighted by atomic mass is 9.79. The molecule has 0 unspecified atom stereocenters. The van der Waals surface area contributed by atoms with Crippen LogP contribution in [0.4, 0.5) is 11.4 Å². The Morgan fingerprint density at radius 1 is 0.955 bits per heavy atom. The van der Waals surface area contributed by atoms with E-state index in [0.717, 1.165) is 44.9 Å². The van der Waals surface area contributed by atoms with Gasteiger partial charge >= 0.3 is 0 Å². The Bertz CT molecular complexity index is 1460. The molecule has 0 amide bonds. The van der Waals surface area contributed by atoms with Crippen LogP contribution in [-0.4, -0.2) is 59.8 Å². The van der Waals surface area contributed by atoms with E-state index in [1.165, 1.54) is 109 Å². The smallest absolute Gasteiger partial charge is 0.0560 e. The molecule has 2 saturated heterocycles. The number of pyridine rings is 1. The van der Waals surface area contributed by atoms with Crippen molar-refractivity contribution in [1.29, 1.82) is 0 Å². The maximum Gasteiger partial charge on any atom is 0.0560 e. The summed E-state index contributed by atoms with van der Waals surface area (Å²) in [5.74, 6) is 0.349. The third-order valence-corrected chi connectivity index (χ3v) is 10.5. The fourth-order valence-corrected chi connectivity index (χ4v) is 7.77. The molecule has 3 aliphatic rings. The summed E-state index contributed by atoms with van der Waals surface area (Å²) in [6.45, 7) is 26.1. The quantitative estimate of drug-likeness (QED) is 0.207. The fraction of sp³-hybridized carbons (Fsp3) is 0.615. The monoisotopic (exact) mass is 595 g/mol. The number of hydrogen-bond donors (Lipinski definition) is 0. The Balaban J connectivity index is 1.48. The number of piperazine rings is 1. The van der Waals surface area contributed by atoms with Crippen molar-refractivity contribution in [3.8, 4) is 11.3 Å². The lowest BCUT2D eigenvalue weighted by molar-refractivity contribution is 0.248. The first-order valence-electron chi connectivity index (χ1n) is 17.7. The van der Waals surface area contributed by atoms with Crippen molar-refractivity contribution >= 4 is 22.3 Å². The zero-order valence-corrected chi connectivity index (χ0v) is 28.6. The summed E-state index contributed by atoms with van der Waals surface area (Å²) in [6.07, 6.45) is 12.2. The Labute approximate surface area is 267 Å². The molecule has 2 aromatic heterocycles. The predicted molar refractivity (Wildman–Crippen MR) is 189 cm³/mol. The summed E-state index contributed by atoms with van der Waals surface area (Å²) < 4.78 is 2.61. The second-order valence-electron chi connectivity index (χ2n) is 15.2. The Hall–Kier alpha value is -2.79. The number of allylic oxidation sites excluding steroid dienone is 1. The highest BCUT2D eigenvalue weighted by molar-refractivity contribution is 5.95.